The largest absolute Gasteiger partial charge is 0.466 e. The minimum atomic E-state index is -0.180. The highest BCUT2D eigenvalue weighted by molar-refractivity contribution is 7.95. The summed E-state index contributed by atoms with van der Waals surface area (Å²) < 4.78 is 9.91. The topological polar surface area (TPSA) is 41.6 Å². The number of fused-ring (bicyclic) bond motifs is 1. The molecule has 0 saturated heterocycles. The lowest BCUT2D eigenvalue weighted by Gasteiger charge is -2.16. The van der Waals surface area contributed by atoms with E-state index in [9.17, 15) is 4.79 Å². The SMILES string of the molecule is CCOC(=O)CC1=CC2=CNSN2C=C1. The number of hydrogen-bond acceptors (Lipinski definition) is 5. The second-order valence-electron chi connectivity index (χ2n) is 3.12. The summed E-state index contributed by atoms with van der Waals surface area (Å²) >= 11 is 1.50. The van der Waals surface area contributed by atoms with E-state index in [2.05, 4.69) is 4.72 Å². The lowest BCUT2D eigenvalue weighted by atomic mass is 10.1. The fourth-order valence-electron chi connectivity index (χ4n) is 1.37. The standard InChI is InChI=1S/C10H12N2O2S/c1-2-14-10(13)6-8-3-4-12-9(5-8)7-11-15-12/h3-5,7,11H,2,6H2,1H3. The van der Waals surface area contributed by atoms with E-state index in [0.717, 1.165) is 11.3 Å². The van der Waals surface area contributed by atoms with Gasteiger partial charge in [0.2, 0.25) is 0 Å². The van der Waals surface area contributed by atoms with Crippen LogP contribution < -0.4 is 4.72 Å². The Balaban J connectivity index is 1.99. The molecule has 0 aromatic carbocycles. The van der Waals surface area contributed by atoms with Crippen LogP contribution in [0.1, 0.15) is 13.3 Å². The average molecular weight is 224 g/mol. The minimum Gasteiger partial charge on any atom is -0.466 e. The molecule has 1 N–H and O–H groups in total. The van der Waals surface area contributed by atoms with Crippen molar-refractivity contribution in [1.29, 1.82) is 0 Å². The normalized spacial score (nSPS) is 17.8. The van der Waals surface area contributed by atoms with Crippen LogP contribution in [-0.4, -0.2) is 16.9 Å². The van der Waals surface area contributed by atoms with Crippen molar-refractivity contribution < 1.29 is 9.53 Å². The molecule has 15 heavy (non-hydrogen) atoms. The number of carbonyl (C=O) groups is 1. The zero-order chi connectivity index (χ0) is 10.7. The molecule has 0 unspecified atom stereocenters. The molecule has 0 bridgehead atoms. The Morgan fingerprint density at radius 1 is 1.67 bits per heavy atom. The first-order valence-corrected chi connectivity index (χ1v) is 5.53. The van der Waals surface area contributed by atoms with Crippen LogP contribution in [0.15, 0.2) is 35.8 Å². The molecular weight excluding hydrogens is 212 g/mol. The smallest absolute Gasteiger partial charge is 0.310 e. The van der Waals surface area contributed by atoms with Crippen LogP contribution in [0.2, 0.25) is 0 Å². The van der Waals surface area contributed by atoms with E-state index in [1.165, 1.54) is 12.1 Å². The predicted molar refractivity (Wildman–Crippen MR) is 59.1 cm³/mol. The molecule has 5 heteroatoms. The van der Waals surface area contributed by atoms with Crippen molar-refractivity contribution in [2.24, 2.45) is 0 Å². The molecule has 2 heterocycles. The summed E-state index contributed by atoms with van der Waals surface area (Å²) in [6.45, 7) is 2.24. The van der Waals surface area contributed by atoms with Crippen LogP contribution in [0.25, 0.3) is 0 Å². The number of ether oxygens (including phenoxy) is 1. The van der Waals surface area contributed by atoms with Crippen LogP contribution in [0.5, 0.6) is 0 Å². The van der Waals surface area contributed by atoms with Gasteiger partial charge in [-0.3, -0.25) is 9.10 Å². The number of esters is 1. The Kier molecular flexibility index (Phi) is 3.01. The summed E-state index contributed by atoms with van der Waals surface area (Å²) in [6.07, 6.45) is 8.07. The molecule has 0 saturated carbocycles. The van der Waals surface area contributed by atoms with E-state index in [1.807, 2.05) is 35.8 Å². The van der Waals surface area contributed by atoms with Crippen LogP contribution >= 0.6 is 12.1 Å². The van der Waals surface area contributed by atoms with Gasteiger partial charge in [0, 0.05) is 12.4 Å². The van der Waals surface area contributed by atoms with Gasteiger partial charge in [0.15, 0.2) is 0 Å². The lowest BCUT2D eigenvalue weighted by Crippen LogP contribution is -2.09. The van der Waals surface area contributed by atoms with Crippen molar-refractivity contribution >= 4 is 18.1 Å². The van der Waals surface area contributed by atoms with Gasteiger partial charge in [0.05, 0.1) is 30.9 Å². The van der Waals surface area contributed by atoms with Crippen LogP contribution in [0.4, 0.5) is 0 Å². The summed E-state index contributed by atoms with van der Waals surface area (Å²) in [4.78, 5) is 11.3. The maximum absolute atomic E-state index is 11.3. The Morgan fingerprint density at radius 2 is 2.53 bits per heavy atom. The van der Waals surface area contributed by atoms with Crippen molar-refractivity contribution in [3.63, 3.8) is 0 Å². The number of hydrogen-bond donors (Lipinski definition) is 1. The van der Waals surface area contributed by atoms with Crippen molar-refractivity contribution in [2.75, 3.05) is 6.61 Å². The zero-order valence-electron chi connectivity index (χ0n) is 8.40. The molecule has 0 spiro atoms. The van der Waals surface area contributed by atoms with Crippen LogP contribution in [0, 0.1) is 0 Å². The fourth-order valence-corrected chi connectivity index (χ4v) is 1.99. The minimum absolute atomic E-state index is 0.180. The summed E-state index contributed by atoms with van der Waals surface area (Å²) in [7, 11) is 0. The summed E-state index contributed by atoms with van der Waals surface area (Å²) in [6, 6.07) is 0. The number of carbonyl (C=O) groups excluding carboxylic acids is 1. The van der Waals surface area contributed by atoms with Gasteiger partial charge in [-0.25, -0.2) is 0 Å². The predicted octanol–water partition coefficient (Wildman–Crippen LogP) is 1.70. The van der Waals surface area contributed by atoms with E-state index in [0.29, 0.717) is 13.0 Å². The number of rotatable bonds is 3. The fraction of sp³-hybridized carbons (Fsp3) is 0.300. The highest BCUT2D eigenvalue weighted by Gasteiger charge is 2.17. The monoisotopic (exact) mass is 224 g/mol. The molecule has 0 aromatic rings. The molecule has 0 fully saturated rings. The molecule has 0 aromatic heterocycles. The van der Waals surface area contributed by atoms with Crippen molar-refractivity contribution in [3.05, 3.63) is 35.8 Å². The molecule has 0 aliphatic carbocycles. The molecular formula is C10H12N2O2S. The number of nitrogens with one attached hydrogen (secondary N) is 1. The molecule has 2 aliphatic rings. The number of allylic oxidation sites excluding steroid dienone is 2. The van der Waals surface area contributed by atoms with Gasteiger partial charge in [-0.2, -0.15) is 0 Å². The highest BCUT2D eigenvalue weighted by atomic mass is 32.2. The maximum atomic E-state index is 11.3. The Hall–Kier alpha value is -1.36. The van der Waals surface area contributed by atoms with Gasteiger partial charge in [-0.15, -0.1) is 0 Å². The van der Waals surface area contributed by atoms with Crippen molar-refractivity contribution in [3.8, 4) is 0 Å². The lowest BCUT2D eigenvalue weighted by molar-refractivity contribution is -0.142. The van der Waals surface area contributed by atoms with Gasteiger partial charge >= 0.3 is 5.97 Å². The Morgan fingerprint density at radius 3 is 3.33 bits per heavy atom. The summed E-state index contributed by atoms with van der Waals surface area (Å²) in [5.41, 5.74) is 2.03. The zero-order valence-corrected chi connectivity index (χ0v) is 9.21. The van der Waals surface area contributed by atoms with E-state index >= 15 is 0 Å². The second kappa shape index (κ2) is 4.44. The van der Waals surface area contributed by atoms with Gasteiger partial charge < -0.3 is 9.46 Å². The third-order valence-electron chi connectivity index (χ3n) is 2.02. The second-order valence-corrected chi connectivity index (χ2v) is 3.93. The van der Waals surface area contributed by atoms with E-state index < -0.39 is 0 Å². The molecule has 0 radical (unpaired) electrons. The molecule has 80 valence electrons. The first-order chi connectivity index (χ1) is 7.29. The van der Waals surface area contributed by atoms with Crippen LogP contribution in [-0.2, 0) is 9.53 Å². The maximum Gasteiger partial charge on any atom is 0.310 e. The molecule has 0 amide bonds. The van der Waals surface area contributed by atoms with Gasteiger partial charge in [0.1, 0.15) is 0 Å². The quantitative estimate of drug-likeness (QED) is 0.584. The third kappa shape index (κ3) is 2.36. The van der Waals surface area contributed by atoms with Crippen molar-refractivity contribution in [1.82, 2.24) is 9.03 Å². The molecule has 4 nitrogen and oxygen atoms in total. The Labute approximate surface area is 92.9 Å². The summed E-state index contributed by atoms with van der Waals surface area (Å²) in [5, 5.41) is 0. The van der Waals surface area contributed by atoms with Gasteiger partial charge in [-0.05, 0) is 24.6 Å². The molecule has 2 aliphatic heterocycles. The van der Waals surface area contributed by atoms with E-state index in [-0.39, 0.29) is 5.97 Å². The van der Waals surface area contributed by atoms with Gasteiger partial charge in [-0.1, -0.05) is 0 Å². The van der Waals surface area contributed by atoms with E-state index in [4.69, 9.17) is 4.74 Å². The number of nitrogens with zero attached hydrogens (tertiary/aromatic N) is 1. The molecule has 2 rings (SSSR count). The third-order valence-corrected chi connectivity index (χ3v) is 2.78. The summed E-state index contributed by atoms with van der Waals surface area (Å²) in [5.74, 6) is -0.180. The highest BCUT2D eigenvalue weighted by Crippen LogP contribution is 2.28. The first kappa shape index (κ1) is 10.2. The molecule has 0 atom stereocenters. The first-order valence-electron chi connectivity index (χ1n) is 4.76. The Bertz CT molecular complexity index is 360. The van der Waals surface area contributed by atoms with E-state index in [1.54, 1.807) is 0 Å². The van der Waals surface area contributed by atoms with Gasteiger partial charge in [0.25, 0.3) is 0 Å². The van der Waals surface area contributed by atoms with Crippen molar-refractivity contribution in [2.45, 2.75) is 13.3 Å². The van der Waals surface area contributed by atoms with Crippen LogP contribution in [0.3, 0.4) is 0 Å². The average Bonchev–Trinajstić information content (AvgIpc) is 2.65.